The highest BCUT2D eigenvalue weighted by Gasteiger charge is 2.34. The third-order valence-electron chi connectivity index (χ3n) is 5.50. The van der Waals surface area contributed by atoms with Crippen molar-refractivity contribution < 1.29 is 17.9 Å². The van der Waals surface area contributed by atoms with E-state index in [2.05, 4.69) is 0 Å². The molecule has 1 atom stereocenters. The van der Waals surface area contributed by atoms with E-state index in [0.29, 0.717) is 50.7 Å². The molecule has 0 aliphatic carbocycles. The summed E-state index contributed by atoms with van der Waals surface area (Å²) in [5, 5.41) is 0. The van der Waals surface area contributed by atoms with E-state index < -0.39 is 10.0 Å². The van der Waals surface area contributed by atoms with Gasteiger partial charge in [-0.2, -0.15) is 4.31 Å². The van der Waals surface area contributed by atoms with Crippen LogP contribution in [0, 0.1) is 5.92 Å². The number of ether oxygens (including phenoxy) is 1. The van der Waals surface area contributed by atoms with Crippen molar-refractivity contribution in [2.75, 3.05) is 32.8 Å². The number of hydrogen-bond donors (Lipinski definition) is 0. The first kappa shape index (κ1) is 17.0. The first-order chi connectivity index (χ1) is 12.1. The summed E-state index contributed by atoms with van der Waals surface area (Å²) in [7, 11) is -3.48. The molecule has 3 aliphatic heterocycles. The Morgan fingerprint density at radius 3 is 2.68 bits per heavy atom. The van der Waals surface area contributed by atoms with Gasteiger partial charge in [0.05, 0.1) is 17.4 Å². The first-order valence-corrected chi connectivity index (χ1v) is 10.5. The lowest BCUT2D eigenvalue weighted by Crippen LogP contribution is -2.41. The molecule has 0 saturated carbocycles. The van der Waals surface area contributed by atoms with Gasteiger partial charge in [0, 0.05) is 32.8 Å². The fourth-order valence-electron chi connectivity index (χ4n) is 4.03. The summed E-state index contributed by atoms with van der Waals surface area (Å²) in [6.45, 7) is 3.33. The minimum absolute atomic E-state index is 0.0797. The predicted octanol–water partition coefficient (Wildman–Crippen LogP) is 1.39. The van der Waals surface area contributed by atoms with Crippen LogP contribution in [0.1, 0.15) is 30.4 Å². The summed E-state index contributed by atoms with van der Waals surface area (Å²) >= 11 is 0. The number of nitrogens with zero attached hydrogens (tertiary/aromatic N) is 2. The first-order valence-electron chi connectivity index (χ1n) is 9.05. The van der Waals surface area contributed by atoms with Gasteiger partial charge in [0.1, 0.15) is 0 Å². The van der Waals surface area contributed by atoms with Crippen LogP contribution in [0.25, 0.3) is 0 Å². The Labute approximate surface area is 148 Å². The van der Waals surface area contributed by atoms with Gasteiger partial charge < -0.3 is 9.64 Å². The molecule has 0 spiro atoms. The Morgan fingerprint density at radius 1 is 1.16 bits per heavy atom. The zero-order chi connectivity index (χ0) is 17.4. The summed E-state index contributed by atoms with van der Waals surface area (Å²) in [5.74, 6) is 0.0143. The topological polar surface area (TPSA) is 66.9 Å². The SMILES string of the molecule is O=C([C@H]1CCOC1)N1CCc2cccc(S(=O)(=O)N3CCCC3)c2C1. The van der Waals surface area contributed by atoms with Crippen LogP contribution in [-0.4, -0.2) is 56.4 Å². The highest BCUT2D eigenvalue weighted by molar-refractivity contribution is 7.89. The third-order valence-corrected chi connectivity index (χ3v) is 7.49. The average molecular weight is 364 g/mol. The van der Waals surface area contributed by atoms with Crippen LogP contribution < -0.4 is 0 Å². The van der Waals surface area contributed by atoms with Crippen molar-refractivity contribution in [1.82, 2.24) is 9.21 Å². The van der Waals surface area contributed by atoms with Crippen LogP contribution in [0.4, 0.5) is 0 Å². The maximum atomic E-state index is 13.0. The van der Waals surface area contributed by atoms with Gasteiger partial charge in [-0.25, -0.2) is 8.42 Å². The van der Waals surface area contributed by atoms with Crippen molar-refractivity contribution in [3.05, 3.63) is 29.3 Å². The summed E-state index contributed by atoms with van der Waals surface area (Å²) in [4.78, 5) is 14.9. The molecule has 4 rings (SSSR count). The van der Waals surface area contributed by atoms with Gasteiger partial charge in [-0.3, -0.25) is 4.79 Å². The van der Waals surface area contributed by atoms with E-state index in [1.807, 2.05) is 17.0 Å². The predicted molar refractivity (Wildman–Crippen MR) is 92.5 cm³/mol. The van der Waals surface area contributed by atoms with E-state index in [-0.39, 0.29) is 11.8 Å². The normalized spacial score (nSPS) is 24.5. The molecule has 1 amide bonds. The lowest BCUT2D eigenvalue weighted by atomic mass is 9.98. The molecule has 2 fully saturated rings. The van der Waals surface area contributed by atoms with Crippen LogP contribution >= 0.6 is 0 Å². The van der Waals surface area contributed by atoms with Crippen LogP contribution in [0.3, 0.4) is 0 Å². The highest BCUT2D eigenvalue weighted by Crippen LogP contribution is 2.30. The summed E-state index contributed by atoms with van der Waals surface area (Å²) in [6.07, 6.45) is 3.30. The molecule has 1 aromatic carbocycles. The minimum Gasteiger partial charge on any atom is -0.381 e. The lowest BCUT2D eigenvalue weighted by molar-refractivity contribution is -0.136. The zero-order valence-electron chi connectivity index (χ0n) is 14.3. The van der Waals surface area contributed by atoms with Gasteiger partial charge in [0.2, 0.25) is 15.9 Å². The molecule has 0 radical (unpaired) electrons. The van der Waals surface area contributed by atoms with Crippen LogP contribution in [0.2, 0.25) is 0 Å². The maximum Gasteiger partial charge on any atom is 0.243 e. The largest absolute Gasteiger partial charge is 0.381 e. The van der Waals surface area contributed by atoms with Gasteiger partial charge in [0.15, 0.2) is 0 Å². The number of hydrogen-bond acceptors (Lipinski definition) is 4. The molecule has 3 heterocycles. The van der Waals surface area contributed by atoms with Gasteiger partial charge in [-0.15, -0.1) is 0 Å². The standard InChI is InChI=1S/C18H24N2O4S/c21-18(15-7-11-24-13-15)19-10-6-14-4-3-5-17(16(14)12-19)25(22,23)20-8-1-2-9-20/h3-5,15H,1-2,6-13H2/t15-/m0/s1. The molecular formula is C18H24N2O4S. The molecule has 0 bridgehead atoms. The van der Waals surface area contributed by atoms with Crippen molar-refractivity contribution in [3.8, 4) is 0 Å². The van der Waals surface area contributed by atoms with Crippen molar-refractivity contribution in [2.24, 2.45) is 5.92 Å². The second-order valence-electron chi connectivity index (χ2n) is 7.08. The van der Waals surface area contributed by atoms with Crippen LogP contribution in [0.5, 0.6) is 0 Å². The smallest absolute Gasteiger partial charge is 0.243 e. The van der Waals surface area contributed by atoms with E-state index in [0.717, 1.165) is 30.4 Å². The third kappa shape index (κ3) is 3.09. The van der Waals surface area contributed by atoms with Crippen molar-refractivity contribution in [2.45, 2.75) is 37.1 Å². The van der Waals surface area contributed by atoms with E-state index in [9.17, 15) is 13.2 Å². The molecule has 0 unspecified atom stereocenters. The highest BCUT2D eigenvalue weighted by atomic mass is 32.2. The van der Waals surface area contributed by atoms with Crippen LogP contribution in [-0.2, 0) is 32.5 Å². The molecule has 0 aromatic heterocycles. The Balaban J connectivity index is 1.63. The molecule has 1 aromatic rings. The molecule has 7 heteroatoms. The number of carbonyl (C=O) groups is 1. The monoisotopic (exact) mass is 364 g/mol. The van der Waals surface area contributed by atoms with Crippen molar-refractivity contribution in [3.63, 3.8) is 0 Å². The van der Waals surface area contributed by atoms with E-state index in [4.69, 9.17) is 4.74 Å². The van der Waals surface area contributed by atoms with E-state index >= 15 is 0 Å². The molecule has 25 heavy (non-hydrogen) atoms. The van der Waals surface area contributed by atoms with Gasteiger partial charge in [0.25, 0.3) is 0 Å². The summed E-state index contributed by atoms with van der Waals surface area (Å²) in [5.41, 5.74) is 1.85. The van der Waals surface area contributed by atoms with Crippen LogP contribution in [0.15, 0.2) is 23.1 Å². The number of rotatable bonds is 3. The average Bonchev–Trinajstić information content (AvgIpc) is 3.33. The maximum absolute atomic E-state index is 13.0. The summed E-state index contributed by atoms with van der Waals surface area (Å²) < 4.78 is 33.0. The Bertz CT molecular complexity index is 765. The number of fused-ring (bicyclic) bond motifs is 1. The Morgan fingerprint density at radius 2 is 1.96 bits per heavy atom. The van der Waals surface area contributed by atoms with Gasteiger partial charge in [-0.05, 0) is 42.9 Å². The molecule has 136 valence electrons. The number of amides is 1. The summed E-state index contributed by atoms with van der Waals surface area (Å²) in [6, 6.07) is 5.50. The Kier molecular flexibility index (Phi) is 4.56. The quantitative estimate of drug-likeness (QED) is 0.813. The van der Waals surface area contributed by atoms with Gasteiger partial charge in [-0.1, -0.05) is 12.1 Å². The van der Waals surface area contributed by atoms with Crippen molar-refractivity contribution >= 4 is 15.9 Å². The minimum atomic E-state index is -3.48. The number of benzene rings is 1. The fourth-order valence-corrected chi connectivity index (χ4v) is 5.81. The van der Waals surface area contributed by atoms with E-state index in [1.165, 1.54) is 0 Å². The molecule has 2 saturated heterocycles. The fraction of sp³-hybridized carbons (Fsp3) is 0.611. The number of sulfonamides is 1. The molecule has 3 aliphatic rings. The number of carbonyl (C=O) groups excluding carboxylic acids is 1. The second-order valence-corrected chi connectivity index (χ2v) is 8.98. The molecule has 0 N–H and O–H groups in total. The van der Waals surface area contributed by atoms with E-state index in [1.54, 1.807) is 10.4 Å². The molecule has 6 nitrogen and oxygen atoms in total. The van der Waals surface area contributed by atoms with Gasteiger partial charge >= 0.3 is 0 Å². The molecular weight excluding hydrogens is 340 g/mol. The zero-order valence-corrected chi connectivity index (χ0v) is 15.1. The second kappa shape index (κ2) is 6.70. The Hall–Kier alpha value is -1.44. The lowest BCUT2D eigenvalue weighted by Gasteiger charge is -2.32. The van der Waals surface area contributed by atoms with Crippen molar-refractivity contribution in [1.29, 1.82) is 0 Å².